The number of fused-ring (bicyclic) bond motifs is 1. The van der Waals surface area contributed by atoms with E-state index in [1.54, 1.807) is 13.2 Å². The van der Waals surface area contributed by atoms with Crippen LogP contribution in [0.15, 0.2) is 18.2 Å². The molecule has 5 nitrogen and oxygen atoms in total. The zero-order chi connectivity index (χ0) is 14.8. The Balaban J connectivity index is 1.88. The molecule has 0 spiro atoms. The van der Waals surface area contributed by atoms with E-state index in [9.17, 15) is 4.39 Å². The van der Waals surface area contributed by atoms with E-state index in [4.69, 9.17) is 10.5 Å². The maximum atomic E-state index is 14.1. The molecule has 0 saturated carbocycles. The number of aromatic nitrogens is 3. The normalized spacial score (nSPS) is 17.8. The van der Waals surface area contributed by atoms with Crippen molar-refractivity contribution in [3.63, 3.8) is 0 Å². The quantitative estimate of drug-likeness (QED) is 0.931. The molecule has 1 atom stereocenters. The minimum atomic E-state index is -0.325. The summed E-state index contributed by atoms with van der Waals surface area (Å²) in [5.74, 6) is 1.49. The van der Waals surface area contributed by atoms with Gasteiger partial charge in [-0.05, 0) is 30.0 Å². The molecule has 21 heavy (non-hydrogen) atoms. The second-order valence-electron chi connectivity index (χ2n) is 5.41. The Labute approximate surface area is 122 Å². The van der Waals surface area contributed by atoms with Crippen molar-refractivity contribution in [2.24, 2.45) is 11.7 Å². The zero-order valence-electron chi connectivity index (χ0n) is 12.1. The number of hydrogen-bond acceptors (Lipinski definition) is 4. The van der Waals surface area contributed by atoms with Gasteiger partial charge in [-0.1, -0.05) is 6.07 Å². The molecule has 1 aliphatic rings. The van der Waals surface area contributed by atoms with Gasteiger partial charge in [-0.15, -0.1) is 0 Å². The summed E-state index contributed by atoms with van der Waals surface area (Å²) in [4.78, 5) is 4.49. The number of methoxy groups -OCH3 is 1. The molecule has 1 unspecified atom stereocenters. The molecule has 0 fully saturated rings. The van der Waals surface area contributed by atoms with Crippen molar-refractivity contribution in [1.29, 1.82) is 0 Å². The van der Waals surface area contributed by atoms with Crippen LogP contribution in [-0.4, -0.2) is 28.5 Å². The lowest BCUT2D eigenvalue weighted by atomic mass is 9.99. The molecule has 0 saturated heterocycles. The van der Waals surface area contributed by atoms with Crippen molar-refractivity contribution in [2.45, 2.75) is 25.9 Å². The first-order chi connectivity index (χ1) is 10.2. The molecule has 1 aromatic carbocycles. The second kappa shape index (κ2) is 5.91. The van der Waals surface area contributed by atoms with Gasteiger partial charge < -0.3 is 10.5 Å². The lowest BCUT2D eigenvalue weighted by molar-refractivity contribution is 0.135. The fourth-order valence-corrected chi connectivity index (χ4v) is 2.73. The summed E-state index contributed by atoms with van der Waals surface area (Å²) in [5.41, 5.74) is 6.71. The Morgan fingerprint density at radius 3 is 3.05 bits per heavy atom. The van der Waals surface area contributed by atoms with Crippen molar-refractivity contribution in [2.75, 3.05) is 13.7 Å². The summed E-state index contributed by atoms with van der Waals surface area (Å²) in [5, 5.41) is 4.43. The van der Waals surface area contributed by atoms with E-state index in [-0.39, 0.29) is 5.82 Å². The smallest absolute Gasteiger partial charge is 0.184 e. The molecule has 0 radical (unpaired) electrons. The summed E-state index contributed by atoms with van der Waals surface area (Å²) in [7, 11) is 1.71. The molecule has 0 aliphatic carbocycles. The first-order valence-electron chi connectivity index (χ1n) is 7.12. The van der Waals surface area contributed by atoms with E-state index in [0.29, 0.717) is 23.9 Å². The molecule has 1 aliphatic heterocycles. The first-order valence-corrected chi connectivity index (χ1v) is 7.12. The van der Waals surface area contributed by atoms with Gasteiger partial charge in [-0.25, -0.2) is 14.1 Å². The number of aryl methyl sites for hydroxylation is 1. The topological polar surface area (TPSA) is 66.0 Å². The monoisotopic (exact) mass is 290 g/mol. The number of rotatable bonds is 4. The van der Waals surface area contributed by atoms with E-state index < -0.39 is 0 Å². The summed E-state index contributed by atoms with van der Waals surface area (Å²) >= 11 is 0. The fraction of sp³-hybridized carbons (Fsp3) is 0.467. The number of hydrogen-bond donors (Lipinski definition) is 1. The summed E-state index contributed by atoms with van der Waals surface area (Å²) in [6.07, 6.45) is 1.83. The summed E-state index contributed by atoms with van der Waals surface area (Å²) in [6, 6.07) is 4.96. The third-order valence-corrected chi connectivity index (χ3v) is 3.88. The Kier molecular flexibility index (Phi) is 3.98. The van der Waals surface area contributed by atoms with Crippen LogP contribution in [0.5, 0.6) is 0 Å². The van der Waals surface area contributed by atoms with E-state index in [1.807, 2.05) is 10.7 Å². The van der Waals surface area contributed by atoms with Crippen LogP contribution in [0.3, 0.4) is 0 Å². The Bertz CT molecular complexity index is 641. The predicted molar refractivity (Wildman–Crippen MR) is 77.0 cm³/mol. The third kappa shape index (κ3) is 2.82. The summed E-state index contributed by atoms with van der Waals surface area (Å²) < 4.78 is 21.2. The molecular weight excluding hydrogens is 271 g/mol. The van der Waals surface area contributed by atoms with Crippen LogP contribution in [0.1, 0.15) is 17.8 Å². The molecule has 0 amide bonds. The Hall–Kier alpha value is -1.79. The zero-order valence-corrected chi connectivity index (χ0v) is 12.1. The maximum Gasteiger partial charge on any atom is 0.184 e. The van der Waals surface area contributed by atoms with Crippen LogP contribution < -0.4 is 5.73 Å². The van der Waals surface area contributed by atoms with Crippen molar-refractivity contribution >= 4 is 0 Å². The highest BCUT2D eigenvalue weighted by atomic mass is 19.1. The van der Waals surface area contributed by atoms with Crippen LogP contribution in [0.4, 0.5) is 4.39 Å². The van der Waals surface area contributed by atoms with Crippen LogP contribution >= 0.6 is 0 Å². The van der Waals surface area contributed by atoms with Gasteiger partial charge in [0.05, 0.1) is 5.56 Å². The minimum Gasteiger partial charge on any atom is -0.384 e. The Morgan fingerprint density at radius 2 is 2.33 bits per heavy atom. The fourth-order valence-electron chi connectivity index (χ4n) is 2.73. The SMILES string of the molecule is COCC1CCn2nc(-c3ccc(CN)cc3F)nc2C1. The molecule has 112 valence electrons. The van der Waals surface area contributed by atoms with E-state index in [1.165, 1.54) is 6.07 Å². The molecule has 1 aromatic heterocycles. The molecule has 2 heterocycles. The van der Waals surface area contributed by atoms with Crippen LogP contribution in [0, 0.1) is 11.7 Å². The number of nitrogens with two attached hydrogens (primary N) is 1. The lowest BCUT2D eigenvalue weighted by Gasteiger charge is -2.20. The van der Waals surface area contributed by atoms with E-state index >= 15 is 0 Å². The van der Waals surface area contributed by atoms with Gasteiger partial charge in [-0.2, -0.15) is 5.10 Å². The second-order valence-corrected chi connectivity index (χ2v) is 5.41. The molecule has 2 N–H and O–H groups in total. The molecular formula is C15H19FN4O. The number of nitrogens with zero attached hydrogens (tertiary/aromatic N) is 3. The van der Waals surface area contributed by atoms with Crippen molar-refractivity contribution < 1.29 is 9.13 Å². The Morgan fingerprint density at radius 1 is 1.48 bits per heavy atom. The number of benzene rings is 1. The number of halogens is 1. The van der Waals surface area contributed by atoms with Gasteiger partial charge in [0.2, 0.25) is 0 Å². The summed E-state index contributed by atoms with van der Waals surface area (Å²) in [6.45, 7) is 1.85. The van der Waals surface area contributed by atoms with Crippen molar-refractivity contribution in [1.82, 2.24) is 14.8 Å². The maximum absolute atomic E-state index is 14.1. The van der Waals surface area contributed by atoms with Crippen LogP contribution in [0.25, 0.3) is 11.4 Å². The predicted octanol–water partition coefficient (Wildman–Crippen LogP) is 1.75. The largest absolute Gasteiger partial charge is 0.384 e. The molecule has 2 aromatic rings. The highest BCUT2D eigenvalue weighted by molar-refractivity contribution is 5.56. The van der Waals surface area contributed by atoms with E-state index in [0.717, 1.165) is 37.4 Å². The first kappa shape index (κ1) is 14.2. The van der Waals surface area contributed by atoms with Gasteiger partial charge in [0.1, 0.15) is 11.6 Å². The van der Waals surface area contributed by atoms with Gasteiger partial charge in [0.15, 0.2) is 5.82 Å². The van der Waals surface area contributed by atoms with Gasteiger partial charge in [0, 0.05) is 33.2 Å². The minimum absolute atomic E-state index is 0.322. The lowest BCUT2D eigenvalue weighted by Crippen LogP contribution is -2.23. The van der Waals surface area contributed by atoms with Crippen LogP contribution in [-0.2, 0) is 24.2 Å². The van der Waals surface area contributed by atoms with Crippen molar-refractivity contribution in [3.8, 4) is 11.4 Å². The van der Waals surface area contributed by atoms with Crippen molar-refractivity contribution in [3.05, 3.63) is 35.4 Å². The average Bonchev–Trinajstić information content (AvgIpc) is 2.90. The molecule has 3 rings (SSSR count). The average molecular weight is 290 g/mol. The highest BCUT2D eigenvalue weighted by Gasteiger charge is 2.23. The van der Waals surface area contributed by atoms with Gasteiger partial charge >= 0.3 is 0 Å². The van der Waals surface area contributed by atoms with E-state index in [2.05, 4.69) is 10.1 Å². The molecule has 6 heteroatoms. The third-order valence-electron chi connectivity index (χ3n) is 3.88. The van der Waals surface area contributed by atoms with Gasteiger partial charge in [0.25, 0.3) is 0 Å². The van der Waals surface area contributed by atoms with Crippen LogP contribution in [0.2, 0.25) is 0 Å². The molecule has 0 bridgehead atoms. The standard InChI is InChI=1S/C15H19FN4O/c1-21-9-11-4-5-20-14(7-11)18-15(19-20)12-3-2-10(8-17)6-13(12)16/h2-3,6,11H,4-5,7-9,17H2,1H3. The highest BCUT2D eigenvalue weighted by Crippen LogP contribution is 2.25. The van der Waals surface area contributed by atoms with Gasteiger partial charge in [-0.3, -0.25) is 0 Å². The number of ether oxygens (including phenoxy) is 1.